The highest BCUT2D eigenvalue weighted by atomic mass is 16.5. The van der Waals surface area contributed by atoms with Gasteiger partial charge in [0.15, 0.2) is 0 Å². The summed E-state index contributed by atoms with van der Waals surface area (Å²) in [6, 6.07) is 12.7. The van der Waals surface area contributed by atoms with Crippen LogP contribution in [0.5, 0.6) is 5.75 Å². The van der Waals surface area contributed by atoms with E-state index in [9.17, 15) is 4.79 Å². The van der Waals surface area contributed by atoms with Crippen LogP contribution in [0.3, 0.4) is 0 Å². The second kappa shape index (κ2) is 6.74. The number of benzene rings is 1. The predicted octanol–water partition coefficient (Wildman–Crippen LogP) is 2.93. The number of nitrogens with one attached hydrogen (secondary N) is 1. The van der Waals surface area contributed by atoms with Crippen LogP contribution in [0.1, 0.15) is 5.56 Å². The first kappa shape index (κ1) is 14.8. The first-order chi connectivity index (χ1) is 11.2. The molecule has 0 saturated carbocycles. The van der Waals surface area contributed by atoms with Crippen LogP contribution in [0.2, 0.25) is 0 Å². The van der Waals surface area contributed by atoms with Crippen LogP contribution in [0, 0.1) is 0 Å². The average molecular weight is 309 g/mol. The molecule has 0 radical (unpaired) electrons. The van der Waals surface area contributed by atoms with Crippen LogP contribution in [0.25, 0.3) is 11.3 Å². The normalized spacial score (nSPS) is 10.3. The lowest BCUT2D eigenvalue weighted by molar-refractivity contribution is -0.115. The minimum absolute atomic E-state index is 0.177. The van der Waals surface area contributed by atoms with Gasteiger partial charge in [-0.25, -0.2) is 0 Å². The number of rotatable bonds is 5. The summed E-state index contributed by atoms with van der Waals surface area (Å²) in [7, 11) is 1.60. The zero-order chi connectivity index (χ0) is 16.1. The maximum Gasteiger partial charge on any atom is 0.231 e. The summed E-state index contributed by atoms with van der Waals surface area (Å²) in [5.74, 6) is 0.886. The summed E-state index contributed by atoms with van der Waals surface area (Å²) in [4.78, 5) is 16.1. The van der Waals surface area contributed by atoms with E-state index < -0.39 is 0 Å². The van der Waals surface area contributed by atoms with Gasteiger partial charge < -0.3 is 9.26 Å². The molecule has 3 rings (SSSR count). The van der Waals surface area contributed by atoms with Gasteiger partial charge in [-0.3, -0.25) is 15.1 Å². The summed E-state index contributed by atoms with van der Waals surface area (Å²) >= 11 is 0. The van der Waals surface area contributed by atoms with Crippen molar-refractivity contribution in [2.75, 3.05) is 12.4 Å². The minimum atomic E-state index is -0.177. The van der Waals surface area contributed by atoms with E-state index in [1.807, 2.05) is 36.4 Å². The van der Waals surface area contributed by atoms with Gasteiger partial charge in [-0.2, -0.15) is 0 Å². The Morgan fingerprint density at radius 3 is 2.78 bits per heavy atom. The maximum absolute atomic E-state index is 12.0. The van der Waals surface area contributed by atoms with Crippen LogP contribution in [-0.2, 0) is 11.2 Å². The molecule has 1 N–H and O–H groups in total. The molecule has 0 atom stereocenters. The van der Waals surface area contributed by atoms with Crippen molar-refractivity contribution in [3.63, 3.8) is 0 Å². The molecule has 1 amide bonds. The first-order valence-electron chi connectivity index (χ1n) is 7.04. The number of amides is 1. The lowest BCUT2D eigenvalue weighted by atomic mass is 10.1. The minimum Gasteiger partial charge on any atom is -0.497 e. The van der Waals surface area contributed by atoms with Crippen LogP contribution in [-0.4, -0.2) is 23.2 Å². The van der Waals surface area contributed by atoms with E-state index in [0.717, 1.165) is 16.9 Å². The molecule has 0 unspecified atom stereocenters. The summed E-state index contributed by atoms with van der Waals surface area (Å²) in [6.07, 6.45) is 3.61. The van der Waals surface area contributed by atoms with Crippen LogP contribution in [0.4, 0.5) is 5.88 Å². The number of nitrogens with zero attached hydrogens (tertiary/aromatic N) is 2. The largest absolute Gasteiger partial charge is 0.497 e. The Morgan fingerprint density at radius 2 is 2.09 bits per heavy atom. The van der Waals surface area contributed by atoms with Crippen LogP contribution in [0.15, 0.2) is 59.4 Å². The fraction of sp³-hybridized carbons (Fsp3) is 0.118. The van der Waals surface area contributed by atoms with Crippen molar-refractivity contribution >= 4 is 11.8 Å². The van der Waals surface area contributed by atoms with Crippen molar-refractivity contribution in [2.45, 2.75) is 6.42 Å². The first-order valence-corrected chi connectivity index (χ1v) is 7.04. The highest BCUT2D eigenvalue weighted by Gasteiger charge is 2.10. The number of hydrogen-bond donors (Lipinski definition) is 1. The Labute approximate surface area is 133 Å². The number of carbonyl (C=O) groups excluding carboxylic acids is 1. The summed E-state index contributed by atoms with van der Waals surface area (Å²) in [6.45, 7) is 0. The van der Waals surface area contributed by atoms with Gasteiger partial charge in [0.2, 0.25) is 11.8 Å². The molecule has 2 aromatic heterocycles. The smallest absolute Gasteiger partial charge is 0.231 e. The molecule has 3 aromatic rings. The highest BCUT2D eigenvalue weighted by Crippen LogP contribution is 2.20. The number of anilines is 1. The Kier molecular flexibility index (Phi) is 4.33. The van der Waals surface area contributed by atoms with E-state index >= 15 is 0 Å². The zero-order valence-corrected chi connectivity index (χ0v) is 12.5. The quantitative estimate of drug-likeness (QED) is 0.784. The van der Waals surface area contributed by atoms with Gasteiger partial charge in [0, 0.05) is 24.0 Å². The molecule has 0 spiro atoms. The molecule has 0 aliphatic rings. The number of methoxy groups -OCH3 is 1. The zero-order valence-electron chi connectivity index (χ0n) is 12.5. The molecular formula is C17H15N3O3. The Bertz CT molecular complexity index is 782. The molecule has 0 aliphatic heterocycles. The Hall–Kier alpha value is -3.15. The number of ether oxygens (including phenoxy) is 1. The van der Waals surface area contributed by atoms with Crippen LogP contribution < -0.4 is 10.1 Å². The third-order valence-corrected chi connectivity index (χ3v) is 3.25. The molecule has 0 saturated heterocycles. The second-order valence-electron chi connectivity index (χ2n) is 4.89. The number of pyridine rings is 1. The molecule has 0 fully saturated rings. The molecule has 6 nitrogen and oxygen atoms in total. The fourth-order valence-corrected chi connectivity index (χ4v) is 2.09. The van der Waals surface area contributed by atoms with Gasteiger partial charge >= 0.3 is 0 Å². The molecule has 1 aromatic carbocycles. The van der Waals surface area contributed by atoms with Gasteiger partial charge in [-0.1, -0.05) is 17.3 Å². The maximum atomic E-state index is 12.0. The van der Waals surface area contributed by atoms with Gasteiger partial charge in [0.25, 0.3) is 0 Å². The number of aromatic nitrogens is 2. The summed E-state index contributed by atoms with van der Waals surface area (Å²) in [5.41, 5.74) is 2.33. The second-order valence-corrected chi connectivity index (χ2v) is 4.89. The Balaban J connectivity index is 1.63. The van der Waals surface area contributed by atoms with Crippen molar-refractivity contribution in [1.29, 1.82) is 0 Å². The molecular weight excluding hydrogens is 294 g/mol. The van der Waals surface area contributed by atoms with Gasteiger partial charge in [-0.05, 0) is 29.8 Å². The molecule has 6 heteroatoms. The summed E-state index contributed by atoms with van der Waals surface area (Å²) < 4.78 is 10.2. The average Bonchev–Trinajstić information content (AvgIpc) is 3.04. The molecule has 23 heavy (non-hydrogen) atoms. The van der Waals surface area contributed by atoms with Gasteiger partial charge in [0.05, 0.1) is 13.5 Å². The topological polar surface area (TPSA) is 77.2 Å². The fourth-order valence-electron chi connectivity index (χ4n) is 2.09. The van der Waals surface area contributed by atoms with E-state index in [0.29, 0.717) is 11.6 Å². The summed E-state index contributed by atoms with van der Waals surface area (Å²) in [5, 5.41) is 6.61. The molecule has 116 valence electrons. The van der Waals surface area contributed by atoms with Crippen molar-refractivity contribution < 1.29 is 14.1 Å². The third kappa shape index (κ3) is 3.74. The standard InChI is InChI=1S/C17H15N3O3/c1-22-14-6-4-12(5-7-14)9-16(21)19-17-10-15(20-23-17)13-3-2-8-18-11-13/h2-8,10-11H,9H2,1H3,(H,19,21). The van der Waals surface area contributed by atoms with E-state index in [1.165, 1.54) is 0 Å². The van der Waals surface area contributed by atoms with Gasteiger partial charge in [0.1, 0.15) is 11.4 Å². The van der Waals surface area contributed by atoms with Crippen molar-refractivity contribution in [2.24, 2.45) is 0 Å². The lowest BCUT2D eigenvalue weighted by Gasteiger charge is -2.03. The van der Waals surface area contributed by atoms with E-state index in [4.69, 9.17) is 9.26 Å². The molecule has 0 aliphatic carbocycles. The van der Waals surface area contributed by atoms with Gasteiger partial charge in [-0.15, -0.1) is 0 Å². The van der Waals surface area contributed by atoms with E-state index in [-0.39, 0.29) is 12.3 Å². The lowest BCUT2D eigenvalue weighted by Crippen LogP contribution is -2.13. The molecule has 2 heterocycles. The van der Waals surface area contributed by atoms with E-state index in [2.05, 4.69) is 15.5 Å². The van der Waals surface area contributed by atoms with Crippen molar-refractivity contribution in [3.8, 4) is 17.0 Å². The third-order valence-electron chi connectivity index (χ3n) is 3.25. The van der Waals surface area contributed by atoms with Crippen molar-refractivity contribution in [3.05, 3.63) is 60.4 Å². The predicted molar refractivity (Wildman–Crippen MR) is 85.1 cm³/mol. The van der Waals surface area contributed by atoms with Crippen molar-refractivity contribution in [1.82, 2.24) is 10.1 Å². The Morgan fingerprint density at radius 1 is 1.26 bits per heavy atom. The number of hydrogen-bond acceptors (Lipinski definition) is 5. The number of carbonyl (C=O) groups is 1. The highest BCUT2D eigenvalue weighted by molar-refractivity contribution is 5.91. The van der Waals surface area contributed by atoms with Crippen LogP contribution >= 0.6 is 0 Å². The SMILES string of the molecule is COc1ccc(CC(=O)Nc2cc(-c3cccnc3)no2)cc1. The van der Waals surface area contributed by atoms with E-state index in [1.54, 1.807) is 25.6 Å². The monoisotopic (exact) mass is 309 g/mol. The molecule has 0 bridgehead atoms.